The van der Waals surface area contributed by atoms with Gasteiger partial charge in [-0.25, -0.2) is 0 Å². The molecule has 0 aromatic heterocycles. The van der Waals surface area contributed by atoms with Gasteiger partial charge < -0.3 is 10.8 Å². The third-order valence-corrected chi connectivity index (χ3v) is 3.05. The first kappa shape index (κ1) is 13.3. The standard InChI is InChI=1S/C16H17NO2/c17-15(16(18)19)11-14-8-6-13(7-9-14)10-12-4-2-1-3-5-12/h1-9,15H,10-11,17H2,(H,18,19)/t15-/m0/s1. The molecule has 0 unspecified atom stereocenters. The number of hydrogen-bond donors (Lipinski definition) is 2. The zero-order valence-electron chi connectivity index (χ0n) is 10.6. The molecule has 19 heavy (non-hydrogen) atoms. The summed E-state index contributed by atoms with van der Waals surface area (Å²) in [7, 11) is 0. The minimum Gasteiger partial charge on any atom is -0.480 e. The second-order valence-corrected chi connectivity index (χ2v) is 4.63. The zero-order chi connectivity index (χ0) is 13.7. The number of carboxylic acids is 1. The maximum atomic E-state index is 10.7. The van der Waals surface area contributed by atoms with E-state index in [2.05, 4.69) is 12.1 Å². The second kappa shape index (κ2) is 6.16. The number of benzene rings is 2. The van der Waals surface area contributed by atoms with Crippen molar-refractivity contribution in [2.45, 2.75) is 18.9 Å². The molecule has 0 aliphatic rings. The van der Waals surface area contributed by atoms with Crippen molar-refractivity contribution < 1.29 is 9.90 Å². The molecule has 0 amide bonds. The van der Waals surface area contributed by atoms with Crippen LogP contribution in [0.15, 0.2) is 54.6 Å². The van der Waals surface area contributed by atoms with E-state index in [-0.39, 0.29) is 0 Å². The van der Waals surface area contributed by atoms with Gasteiger partial charge in [-0.15, -0.1) is 0 Å². The lowest BCUT2D eigenvalue weighted by Crippen LogP contribution is -2.32. The van der Waals surface area contributed by atoms with E-state index in [9.17, 15) is 4.79 Å². The van der Waals surface area contributed by atoms with E-state index in [4.69, 9.17) is 10.8 Å². The molecule has 0 bridgehead atoms. The summed E-state index contributed by atoms with van der Waals surface area (Å²) >= 11 is 0. The Bertz CT molecular complexity index is 534. The lowest BCUT2D eigenvalue weighted by atomic mass is 10.0. The monoisotopic (exact) mass is 255 g/mol. The normalized spacial score (nSPS) is 12.1. The lowest BCUT2D eigenvalue weighted by Gasteiger charge is -2.07. The Kier molecular flexibility index (Phi) is 4.31. The van der Waals surface area contributed by atoms with Crippen LogP contribution in [0.5, 0.6) is 0 Å². The van der Waals surface area contributed by atoms with Crippen LogP contribution >= 0.6 is 0 Å². The van der Waals surface area contributed by atoms with Crippen molar-refractivity contribution in [2.24, 2.45) is 5.73 Å². The molecule has 0 aliphatic carbocycles. The van der Waals surface area contributed by atoms with Gasteiger partial charge >= 0.3 is 5.97 Å². The van der Waals surface area contributed by atoms with Crippen molar-refractivity contribution in [1.82, 2.24) is 0 Å². The molecule has 0 aliphatic heterocycles. The highest BCUT2D eigenvalue weighted by Gasteiger charge is 2.11. The van der Waals surface area contributed by atoms with Crippen LogP contribution in [0.4, 0.5) is 0 Å². The van der Waals surface area contributed by atoms with Gasteiger partial charge in [0.2, 0.25) is 0 Å². The fourth-order valence-electron chi connectivity index (χ4n) is 1.97. The Hall–Kier alpha value is -2.13. The van der Waals surface area contributed by atoms with Gasteiger partial charge in [0, 0.05) is 0 Å². The predicted octanol–water partition coefficient (Wildman–Crippen LogP) is 2.23. The van der Waals surface area contributed by atoms with Crippen molar-refractivity contribution in [2.75, 3.05) is 0 Å². The smallest absolute Gasteiger partial charge is 0.320 e. The van der Waals surface area contributed by atoms with Crippen LogP contribution in [-0.4, -0.2) is 17.1 Å². The van der Waals surface area contributed by atoms with Gasteiger partial charge in [-0.05, 0) is 29.5 Å². The second-order valence-electron chi connectivity index (χ2n) is 4.63. The first-order valence-electron chi connectivity index (χ1n) is 6.25. The Labute approximate surface area is 112 Å². The lowest BCUT2D eigenvalue weighted by molar-refractivity contribution is -0.138. The molecule has 0 saturated heterocycles. The maximum absolute atomic E-state index is 10.7. The van der Waals surface area contributed by atoms with Crippen molar-refractivity contribution in [3.8, 4) is 0 Å². The summed E-state index contributed by atoms with van der Waals surface area (Å²) in [5, 5.41) is 8.77. The fraction of sp³-hybridized carbons (Fsp3) is 0.188. The van der Waals surface area contributed by atoms with Crippen LogP contribution in [0.1, 0.15) is 16.7 Å². The molecule has 2 rings (SSSR count). The largest absolute Gasteiger partial charge is 0.480 e. The van der Waals surface area contributed by atoms with Gasteiger partial charge in [0.05, 0.1) is 0 Å². The van der Waals surface area contributed by atoms with E-state index in [0.29, 0.717) is 6.42 Å². The van der Waals surface area contributed by atoms with Crippen molar-refractivity contribution in [1.29, 1.82) is 0 Å². The van der Waals surface area contributed by atoms with Gasteiger partial charge in [-0.1, -0.05) is 54.6 Å². The molecule has 0 heterocycles. The number of carboxylic acid groups (broad SMARTS) is 1. The van der Waals surface area contributed by atoms with Gasteiger partial charge in [-0.3, -0.25) is 4.79 Å². The number of aliphatic carboxylic acids is 1. The molecule has 98 valence electrons. The SMILES string of the molecule is N[C@@H](Cc1ccc(Cc2ccccc2)cc1)C(=O)O. The van der Waals surface area contributed by atoms with Gasteiger partial charge in [0.25, 0.3) is 0 Å². The zero-order valence-corrected chi connectivity index (χ0v) is 10.6. The third kappa shape index (κ3) is 3.93. The molecule has 0 spiro atoms. The fourth-order valence-corrected chi connectivity index (χ4v) is 1.97. The van der Waals surface area contributed by atoms with E-state index in [1.54, 1.807) is 0 Å². The van der Waals surface area contributed by atoms with Crippen LogP contribution in [0, 0.1) is 0 Å². The molecule has 0 fully saturated rings. The maximum Gasteiger partial charge on any atom is 0.320 e. The van der Waals surface area contributed by atoms with Crippen LogP contribution < -0.4 is 5.73 Å². The molecule has 1 atom stereocenters. The molecule has 3 heteroatoms. The highest BCUT2D eigenvalue weighted by Crippen LogP contribution is 2.11. The molecular formula is C16H17NO2. The Morgan fingerprint density at radius 1 is 0.947 bits per heavy atom. The molecular weight excluding hydrogens is 238 g/mol. The van der Waals surface area contributed by atoms with Crippen molar-refractivity contribution in [3.63, 3.8) is 0 Å². The van der Waals surface area contributed by atoms with Crippen molar-refractivity contribution in [3.05, 3.63) is 71.3 Å². The topological polar surface area (TPSA) is 63.3 Å². The van der Waals surface area contributed by atoms with Gasteiger partial charge in [0.15, 0.2) is 0 Å². The summed E-state index contributed by atoms with van der Waals surface area (Å²) < 4.78 is 0. The van der Waals surface area contributed by atoms with E-state index < -0.39 is 12.0 Å². The number of rotatable bonds is 5. The third-order valence-electron chi connectivity index (χ3n) is 3.05. The molecule has 0 radical (unpaired) electrons. The molecule has 0 saturated carbocycles. The quantitative estimate of drug-likeness (QED) is 0.861. The van der Waals surface area contributed by atoms with Crippen molar-refractivity contribution >= 4 is 5.97 Å². The molecule has 2 aromatic carbocycles. The minimum atomic E-state index is -0.964. The highest BCUT2D eigenvalue weighted by molar-refractivity contribution is 5.73. The van der Waals surface area contributed by atoms with Crippen LogP contribution in [0.25, 0.3) is 0 Å². The minimum absolute atomic E-state index is 0.362. The summed E-state index contributed by atoms with van der Waals surface area (Å²) in [5.74, 6) is -0.964. The van der Waals surface area contributed by atoms with Crippen LogP contribution in [0.3, 0.4) is 0 Å². The summed E-state index contributed by atoms with van der Waals surface area (Å²) in [6.45, 7) is 0. The Morgan fingerprint density at radius 3 is 2.05 bits per heavy atom. The highest BCUT2D eigenvalue weighted by atomic mass is 16.4. The summed E-state index contributed by atoms with van der Waals surface area (Å²) in [6, 6.07) is 17.3. The summed E-state index contributed by atoms with van der Waals surface area (Å²) in [4.78, 5) is 10.7. The van der Waals surface area contributed by atoms with E-state index in [1.165, 1.54) is 11.1 Å². The van der Waals surface area contributed by atoms with E-state index in [0.717, 1.165) is 12.0 Å². The molecule has 3 N–H and O–H groups in total. The Morgan fingerprint density at radius 2 is 1.47 bits per heavy atom. The van der Waals surface area contributed by atoms with E-state index >= 15 is 0 Å². The number of nitrogens with two attached hydrogens (primary N) is 1. The van der Waals surface area contributed by atoms with Gasteiger partial charge in [-0.2, -0.15) is 0 Å². The molecule has 3 nitrogen and oxygen atoms in total. The summed E-state index contributed by atoms with van der Waals surface area (Å²) in [6.07, 6.45) is 1.24. The first-order chi connectivity index (χ1) is 9.15. The number of carbonyl (C=O) groups is 1. The number of hydrogen-bond acceptors (Lipinski definition) is 2. The molecule has 2 aromatic rings. The average Bonchev–Trinajstić information content (AvgIpc) is 2.42. The van der Waals surface area contributed by atoms with Crippen LogP contribution in [-0.2, 0) is 17.6 Å². The predicted molar refractivity (Wildman–Crippen MR) is 75.0 cm³/mol. The van der Waals surface area contributed by atoms with E-state index in [1.807, 2.05) is 42.5 Å². The van der Waals surface area contributed by atoms with Gasteiger partial charge in [0.1, 0.15) is 6.04 Å². The van der Waals surface area contributed by atoms with Crippen LogP contribution in [0.2, 0.25) is 0 Å². The first-order valence-corrected chi connectivity index (χ1v) is 6.25. The average molecular weight is 255 g/mol. The summed E-state index contributed by atoms with van der Waals surface area (Å²) in [5.41, 5.74) is 8.93. The Balaban J connectivity index is 2.01.